The predicted molar refractivity (Wildman–Crippen MR) is 45.9 cm³/mol. The first-order chi connectivity index (χ1) is 5.79. The van der Waals surface area contributed by atoms with E-state index in [1.165, 1.54) is 6.08 Å². The Morgan fingerprint density at radius 1 is 1.50 bits per heavy atom. The van der Waals surface area contributed by atoms with Crippen LogP contribution in [0, 0.1) is 0 Å². The lowest BCUT2D eigenvalue weighted by Crippen LogP contribution is -2.04. The third kappa shape index (κ3) is 2.83. The van der Waals surface area contributed by atoms with Crippen molar-refractivity contribution in [3.63, 3.8) is 0 Å². The summed E-state index contributed by atoms with van der Waals surface area (Å²) < 4.78 is 1.76. The molecule has 0 unspecified atom stereocenters. The summed E-state index contributed by atoms with van der Waals surface area (Å²) >= 11 is 0. The zero-order valence-electron chi connectivity index (χ0n) is 6.42. The SMILES string of the molecule is NC(=O)/C=C/C=C/n1ccnc1. The molecule has 12 heavy (non-hydrogen) atoms. The number of aromatic nitrogens is 2. The van der Waals surface area contributed by atoms with Crippen molar-refractivity contribution in [2.24, 2.45) is 5.73 Å². The van der Waals surface area contributed by atoms with Crippen molar-refractivity contribution in [1.82, 2.24) is 9.55 Å². The Kier molecular flexibility index (Phi) is 2.84. The second-order valence-electron chi connectivity index (χ2n) is 2.11. The van der Waals surface area contributed by atoms with Gasteiger partial charge in [-0.15, -0.1) is 0 Å². The van der Waals surface area contributed by atoms with Gasteiger partial charge in [-0.1, -0.05) is 6.08 Å². The number of nitrogens with zero attached hydrogens (tertiary/aromatic N) is 2. The van der Waals surface area contributed by atoms with Gasteiger partial charge in [-0.3, -0.25) is 4.79 Å². The molecule has 0 aliphatic rings. The highest BCUT2D eigenvalue weighted by molar-refractivity contribution is 5.86. The molecule has 0 fully saturated rings. The quantitative estimate of drug-likeness (QED) is 0.517. The van der Waals surface area contributed by atoms with Gasteiger partial charge in [-0.25, -0.2) is 4.98 Å². The third-order valence-electron chi connectivity index (χ3n) is 1.15. The summed E-state index contributed by atoms with van der Waals surface area (Å²) in [6.07, 6.45) is 11.4. The molecule has 0 aliphatic carbocycles. The molecule has 0 aliphatic heterocycles. The van der Waals surface area contributed by atoms with Crippen LogP contribution in [0.25, 0.3) is 6.20 Å². The van der Waals surface area contributed by atoms with E-state index in [2.05, 4.69) is 4.98 Å². The van der Waals surface area contributed by atoms with E-state index in [0.717, 1.165) is 0 Å². The first-order valence-corrected chi connectivity index (χ1v) is 3.41. The molecule has 0 aromatic carbocycles. The Hall–Kier alpha value is -1.84. The lowest BCUT2D eigenvalue weighted by molar-refractivity contribution is -0.113. The molecule has 0 radical (unpaired) electrons. The molecule has 1 heterocycles. The lowest BCUT2D eigenvalue weighted by atomic mass is 10.4. The number of rotatable bonds is 3. The summed E-state index contributed by atoms with van der Waals surface area (Å²) in [5, 5.41) is 0. The van der Waals surface area contributed by atoms with Crippen LogP contribution in [0.1, 0.15) is 0 Å². The normalized spacial score (nSPS) is 11.3. The number of hydrogen-bond donors (Lipinski definition) is 1. The third-order valence-corrected chi connectivity index (χ3v) is 1.15. The van der Waals surface area contributed by atoms with Gasteiger partial charge < -0.3 is 10.3 Å². The number of amides is 1. The zero-order chi connectivity index (χ0) is 8.81. The molecule has 4 nitrogen and oxygen atoms in total. The Morgan fingerprint density at radius 2 is 2.33 bits per heavy atom. The molecule has 62 valence electrons. The van der Waals surface area contributed by atoms with E-state index in [0.29, 0.717) is 0 Å². The highest BCUT2D eigenvalue weighted by Crippen LogP contribution is 1.87. The number of carbonyl (C=O) groups is 1. The molecular weight excluding hydrogens is 154 g/mol. The molecule has 0 spiro atoms. The van der Waals surface area contributed by atoms with Crippen molar-refractivity contribution in [3.8, 4) is 0 Å². The van der Waals surface area contributed by atoms with Gasteiger partial charge in [-0.05, 0) is 6.08 Å². The zero-order valence-corrected chi connectivity index (χ0v) is 6.42. The van der Waals surface area contributed by atoms with Crippen LogP contribution >= 0.6 is 0 Å². The minimum Gasteiger partial charge on any atom is -0.366 e. The van der Waals surface area contributed by atoms with E-state index in [1.54, 1.807) is 41.6 Å². The Morgan fingerprint density at radius 3 is 2.92 bits per heavy atom. The topological polar surface area (TPSA) is 60.9 Å². The first-order valence-electron chi connectivity index (χ1n) is 3.41. The highest BCUT2D eigenvalue weighted by Gasteiger charge is 1.79. The Labute approximate surface area is 70.0 Å². The average molecular weight is 163 g/mol. The number of imidazole rings is 1. The van der Waals surface area contributed by atoms with Crippen molar-refractivity contribution >= 4 is 12.1 Å². The molecule has 1 amide bonds. The summed E-state index contributed by atoms with van der Waals surface area (Å²) in [4.78, 5) is 14.1. The molecule has 0 saturated carbocycles. The number of primary amides is 1. The smallest absolute Gasteiger partial charge is 0.241 e. The number of allylic oxidation sites excluding steroid dienone is 2. The van der Waals surface area contributed by atoms with Gasteiger partial charge in [0.15, 0.2) is 0 Å². The predicted octanol–water partition coefficient (Wildman–Crippen LogP) is 0.395. The largest absolute Gasteiger partial charge is 0.366 e. The van der Waals surface area contributed by atoms with Gasteiger partial charge in [-0.2, -0.15) is 0 Å². The van der Waals surface area contributed by atoms with E-state index in [-0.39, 0.29) is 0 Å². The van der Waals surface area contributed by atoms with E-state index >= 15 is 0 Å². The Bertz CT molecular complexity index is 298. The fraction of sp³-hybridized carbons (Fsp3) is 0. The van der Waals surface area contributed by atoms with Crippen LogP contribution in [-0.2, 0) is 4.79 Å². The molecule has 1 rings (SSSR count). The van der Waals surface area contributed by atoms with Crippen LogP contribution < -0.4 is 5.73 Å². The van der Waals surface area contributed by atoms with Crippen LogP contribution in [0.5, 0.6) is 0 Å². The average Bonchev–Trinajstić information content (AvgIpc) is 2.49. The van der Waals surface area contributed by atoms with Crippen LogP contribution in [0.3, 0.4) is 0 Å². The van der Waals surface area contributed by atoms with Crippen molar-refractivity contribution in [2.75, 3.05) is 0 Å². The van der Waals surface area contributed by atoms with Crippen molar-refractivity contribution in [3.05, 3.63) is 36.9 Å². The van der Waals surface area contributed by atoms with Crippen molar-refractivity contribution in [2.45, 2.75) is 0 Å². The van der Waals surface area contributed by atoms with Crippen LogP contribution in [0.15, 0.2) is 36.9 Å². The highest BCUT2D eigenvalue weighted by atomic mass is 16.1. The maximum Gasteiger partial charge on any atom is 0.241 e. The van der Waals surface area contributed by atoms with Gasteiger partial charge in [0.25, 0.3) is 0 Å². The molecular formula is C8H9N3O. The summed E-state index contributed by atoms with van der Waals surface area (Å²) in [6.45, 7) is 0. The van der Waals surface area contributed by atoms with Gasteiger partial charge in [0, 0.05) is 24.7 Å². The second-order valence-corrected chi connectivity index (χ2v) is 2.11. The van der Waals surface area contributed by atoms with Gasteiger partial charge in [0.1, 0.15) is 0 Å². The minimum absolute atomic E-state index is 0.453. The minimum atomic E-state index is -0.453. The standard InChI is InChI=1S/C8H9N3O/c9-8(12)3-1-2-5-11-6-4-10-7-11/h1-7H,(H2,9,12)/b3-1+,5-2+. The van der Waals surface area contributed by atoms with Crippen LogP contribution in [-0.4, -0.2) is 15.5 Å². The number of hydrogen-bond acceptors (Lipinski definition) is 2. The van der Waals surface area contributed by atoms with Crippen molar-refractivity contribution < 1.29 is 4.79 Å². The molecule has 2 N–H and O–H groups in total. The van der Waals surface area contributed by atoms with E-state index in [9.17, 15) is 4.79 Å². The molecule has 4 heteroatoms. The van der Waals surface area contributed by atoms with Gasteiger partial charge in [0.05, 0.1) is 6.33 Å². The van der Waals surface area contributed by atoms with E-state index in [1.807, 2.05) is 0 Å². The monoisotopic (exact) mass is 163 g/mol. The summed E-state index contributed by atoms with van der Waals surface area (Å²) in [5.74, 6) is -0.453. The first kappa shape index (κ1) is 8.26. The van der Waals surface area contributed by atoms with E-state index in [4.69, 9.17) is 5.73 Å². The number of nitrogens with two attached hydrogens (primary N) is 1. The molecule has 0 saturated heterocycles. The molecule has 0 atom stereocenters. The summed E-state index contributed by atoms with van der Waals surface area (Å²) in [6, 6.07) is 0. The second kappa shape index (κ2) is 4.12. The van der Waals surface area contributed by atoms with Crippen molar-refractivity contribution in [1.29, 1.82) is 0 Å². The van der Waals surface area contributed by atoms with Crippen LogP contribution in [0.4, 0.5) is 0 Å². The fourth-order valence-corrected chi connectivity index (χ4v) is 0.657. The summed E-state index contributed by atoms with van der Waals surface area (Å²) in [5.41, 5.74) is 4.87. The van der Waals surface area contributed by atoms with E-state index < -0.39 is 5.91 Å². The maximum atomic E-state index is 10.2. The molecule has 0 bridgehead atoms. The van der Waals surface area contributed by atoms with Gasteiger partial charge in [0.2, 0.25) is 5.91 Å². The number of carbonyl (C=O) groups excluding carboxylic acids is 1. The Balaban J connectivity index is 2.47. The lowest BCUT2D eigenvalue weighted by Gasteiger charge is -1.85. The molecule has 1 aromatic rings. The summed E-state index contributed by atoms with van der Waals surface area (Å²) in [7, 11) is 0. The van der Waals surface area contributed by atoms with Crippen LogP contribution in [0.2, 0.25) is 0 Å². The van der Waals surface area contributed by atoms with Gasteiger partial charge >= 0.3 is 0 Å². The molecule has 1 aromatic heterocycles. The maximum absolute atomic E-state index is 10.2. The fourth-order valence-electron chi connectivity index (χ4n) is 0.657.